The summed E-state index contributed by atoms with van der Waals surface area (Å²) in [7, 11) is -1.51. The van der Waals surface area contributed by atoms with Gasteiger partial charge in [-0.2, -0.15) is 0 Å². The van der Waals surface area contributed by atoms with Crippen LogP contribution in [0.25, 0.3) is 61.8 Å². The minimum Gasteiger partial charge on any atom is -0.507 e. The zero-order valence-electron chi connectivity index (χ0n) is 35.2. The number of phenolic OH excluding ortho intramolecular Hbond substituents is 1. The van der Waals surface area contributed by atoms with Crippen molar-refractivity contribution >= 4 is 24.4 Å². The molecule has 0 fully saturated rings. The number of pyridine rings is 2. The highest BCUT2D eigenvalue weighted by Gasteiger charge is 2.30. The number of hydrogen-bond donors (Lipinski definition) is 1. The number of aromatic nitrogens is 4. The van der Waals surface area contributed by atoms with E-state index in [1.54, 1.807) is 0 Å². The first-order valence-corrected chi connectivity index (χ1v) is 23.3. The first kappa shape index (κ1) is 38.9. The van der Waals surface area contributed by atoms with Crippen LogP contribution in [0.4, 0.5) is 0 Å². The lowest BCUT2D eigenvalue weighted by molar-refractivity contribution is 0.446. The Morgan fingerprint density at radius 2 is 1.21 bits per heavy atom. The minimum atomic E-state index is -1.51. The van der Waals surface area contributed by atoms with Crippen LogP contribution in [-0.2, 0) is 16.2 Å². The summed E-state index contributed by atoms with van der Waals surface area (Å²) in [5.41, 5.74) is 11.9. The molecule has 1 N–H and O–H groups in total. The molecule has 4 aromatic carbocycles. The van der Waals surface area contributed by atoms with Crippen LogP contribution in [0.5, 0.6) is 5.75 Å². The average Bonchev–Trinajstić information content (AvgIpc) is 3.53. The maximum atomic E-state index is 12.3. The van der Waals surface area contributed by atoms with Gasteiger partial charge in [-0.05, 0) is 80.1 Å². The van der Waals surface area contributed by atoms with E-state index in [-0.39, 0.29) is 22.0 Å². The summed E-state index contributed by atoms with van der Waals surface area (Å²) in [4.78, 5) is 15.6. The van der Waals surface area contributed by atoms with Gasteiger partial charge in [0, 0.05) is 34.6 Å². The molecule has 56 heavy (non-hydrogen) atoms. The third-order valence-corrected chi connectivity index (χ3v) is 12.9. The van der Waals surface area contributed by atoms with Crippen LogP contribution < -0.4 is 5.19 Å². The summed E-state index contributed by atoms with van der Waals surface area (Å²) in [6.07, 6.45) is 3.96. The molecule has 7 aromatic rings. The van der Waals surface area contributed by atoms with Gasteiger partial charge < -0.3 is 5.11 Å². The molecular weight excluding hydrogens is 701 g/mol. The molecule has 0 bridgehead atoms. The number of phenols is 1. The number of fused-ring (bicyclic) bond motifs is 1. The summed E-state index contributed by atoms with van der Waals surface area (Å²) in [5, 5.41) is 13.7. The number of aromatic hydroxyl groups is 1. The molecule has 6 heteroatoms. The van der Waals surface area contributed by atoms with Crippen LogP contribution in [0, 0.1) is 0 Å². The lowest BCUT2D eigenvalue weighted by Gasteiger charge is -2.27. The van der Waals surface area contributed by atoms with Crippen molar-refractivity contribution in [3.8, 4) is 56.3 Å². The molecule has 3 aromatic heterocycles. The number of para-hydroxylation sites is 1. The molecule has 0 aliphatic heterocycles. The van der Waals surface area contributed by atoms with E-state index in [0.717, 1.165) is 61.5 Å². The van der Waals surface area contributed by atoms with Gasteiger partial charge in [0.05, 0.1) is 25.0 Å². The van der Waals surface area contributed by atoms with E-state index in [2.05, 4.69) is 190 Å². The second-order valence-electron chi connectivity index (χ2n) is 19.3. The Bertz CT molecular complexity index is 2560. The lowest BCUT2D eigenvalue weighted by atomic mass is 9.79. The summed E-state index contributed by atoms with van der Waals surface area (Å²) in [6.45, 7) is 26.9. The van der Waals surface area contributed by atoms with E-state index in [4.69, 9.17) is 15.0 Å². The molecule has 0 unspecified atom stereocenters. The van der Waals surface area contributed by atoms with Crippen LogP contribution >= 0.6 is 0 Å². The topological polar surface area (TPSA) is 63.8 Å². The molecule has 0 amide bonds. The fourth-order valence-electron chi connectivity index (χ4n) is 7.33. The van der Waals surface area contributed by atoms with Crippen LogP contribution in [0.15, 0.2) is 116 Å². The van der Waals surface area contributed by atoms with Crippen LogP contribution in [0.1, 0.15) is 79.0 Å². The van der Waals surface area contributed by atoms with Gasteiger partial charge in [0.15, 0.2) is 11.5 Å². The Balaban J connectivity index is 1.57. The van der Waals surface area contributed by atoms with Crippen molar-refractivity contribution in [1.82, 2.24) is 19.5 Å². The Morgan fingerprint density at radius 1 is 0.571 bits per heavy atom. The number of benzene rings is 4. The largest absolute Gasteiger partial charge is 0.507 e. The Kier molecular flexibility index (Phi) is 9.73. The third-order valence-electron chi connectivity index (χ3n) is 10.8. The Hall–Kier alpha value is -5.33. The van der Waals surface area contributed by atoms with Crippen molar-refractivity contribution in [2.45, 2.75) is 98.2 Å². The van der Waals surface area contributed by atoms with Crippen molar-refractivity contribution in [1.29, 1.82) is 0 Å². The van der Waals surface area contributed by atoms with Gasteiger partial charge >= 0.3 is 0 Å². The third kappa shape index (κ3) is 7.47. The fourth-order valence-corrected chi connectivity index (χ4v) is 8.36. The Morgan fingerprint density at radius 3 is 1.84 bits per heavy atom. The van der Waals surface area contributed by atoms with Crippen molar-refractivity contribution < 1.29 is 5.11 Å². The lowest BCUT2D eigenvalue weighted by Crippen LogP contribution is -2.37. The molecule has 3 heterocycles. The van der Waals surface area contributed by atoms with Gasteiger partial charge in [0.2, 0.25) is 0 Å². The molecule has 286 valence electrons. The van der Waals surface area contributed by atoms with Gasteiger partial charge in [0.25, 0.3) is 0 Å². The normalized spacial score (nSPS) is 12.7. The van der Waals surface area contributed by atoms with Crippen molar-refractivity contribution in [2.24, 2.45) is 0 Å². The molecular formula is C50H56N4OSi. The maximum Gasteiger partial charge on any atom is 0.165 e. The molecule has 0 saturated heterocycles. The van der Waals surface area contributed by atoms with E-state index >= 15 is 0 Å². The van der Waals surface area contributed by atoms with Crippen LogP contribution in [0.2, 0.25) is 19.6 Å². The highest BCUT2D eigenvalue weighted by Crippen LogP contribution is 2.45. The first-order valence-electron chi connectivity index (χ1n) is 19.8. The fraction of sp³-hybridized carbons (Fsp3) is 0.300. The first-order chi connectivity index (χ1) is 26.2. The number of imidazole rings is 1. The number of nitrogens with zero attached hydrogens (tertiary/aromatic N) is 4. The van der Waals surface area contributed by atoms with Crippen LogP contribution in [0.3, 0.4) is 0 Å². The van der Waals surface area contributed by atoms with Gasteiger partial charge in [-0.3, -0.25) is 9.55 Å². The van der Waals surface area contributed by atoms with Crippen molar-refractivity contribution in [3.05, 3.63) is 132 Å². The number of hydrogen-bond acceptors (Lipinski definition) is 4. The zero-order chi connectivity index (χ0) is 40.4. The highest BCUT2D eigenvalue weighted by molar-refractivity contribution is 6.88. The quantitative estimate of drug-likeness (QED) is 0.172. The standard InChI is InChI=1S/C50H56N4OSi/c1-48(2,3)35-27-33(26-34(28-35)42-23-22-37(31-52-42)56(10,11)12)39-24-25-51-47-44(39)53-46(40-29-36(49(4,5)6)30-41(45(40)55)50(7,8)9)54(47)43-21-17-16-20-38(43)32-18-14-13-15-19-32/h13-31,55H,1-12H3. The predicted molar refractivity (Wildman–Crippen MR) is 239 cm³/mol. The molecule has 0 radical (unpaired) electrons. The van der Waals surface area contributed by atoms with Crippen molar-refractivity contribution in [3.63, 3.8) is 0 Å². The maximum absolute atomic E-state index is 12.3. The molecule has 0 spiro atoms. The molecule has 5 nitrogen and oxygen atoms in total. The average molecular weight is 757 g/mol. The van der Waals surface area contributed by atoms with E-state index in [1.165, 1.54) is 10.8 Å². The second-order valence-corrected chi connectivity index (χ2v) is 24.4. The molecule has 0 aliphatic rings. The summed E-state index contributed by atoms with van der Waals surface area (Å²) < 4.78 is 2.15. The van der Waals surface area contributed by atoms with Gasteiger partial charge in [-0.25, -0.2) is 9.97 Å². The van der Waals surface area contributed by atoms with Crippen molar-refractivity contribution in [2.75, 3.05) is 0 Å². The summed E-state index contributed by atoms with van der Waals surface area (Å²) in [5.74, 6) is 0.888. The van der Waals surface area contributed by atoms with E-state index < -0.39 is 8.07 Å². The van der Waals surface area contributed by atoms with Gasteiger partial charge in [-0.1, -0.05) is 149 Å². The summed E-state index contributed by atoms with van der Waals surface area (Å²) >= 11 is 0. The SMILES string of the molecule is CC(C)(C)c1cc(-c2ccc([Si](C)(C)C)cn2)cc(-c2ccnc3c2nc(-c2cc(C(C)(C)C)cc(C(C)(C)C)c2O)n3-c2ccccc2-c2ccccc2)c1. The Labute approximate surface area is 334 Å². The summed E-state index contributed by atoms with van der Waals surface area (Å²) in [6, 6.07) is 36.5. The van der Waals surface area contributed by atoms with E-state index in [0.29, 0.717) is 11.4 Å². The predicted octanol–water partition coefficient (Wildman–Crippen LogP) is 12.6. The molecule has 0 aliphatic carbocycles. The monoisotopic (exact) mass is 756 g/mol. The molecule has 7 rings (SSSR count). The highest BCUT2D eigenvalue weighted by atomic mass is 28.3. The number of rotatable bonds is 6. The van der Waals surface area contributed by atoms with Crippen LogP contribution in [-0.4, -0.2) is 32.7 Å². The smallest absolute Gasteiger partial charge is 0.165 e. The van der Waals surface area contributed by atoms with Gasteiger partial charge in [-0.15, -0.1) is 0 Å². The second kappa shape index (κ2) is 14.0. The van der Waals surface area contributed by atoms with E-state index in [1.807, 2.05) is 12.3 Å². The molecule has 0 atom stereocenters. The zero-order valence-corrected chi connectivity index (χ0v) is 36.2. The van der Waals surface area contributed by atoms with E-state index in [9.17, 15) is 5.11 Å². The minimum absolute atomic E-state index is 0.114. The molecule has 0 saturated carbocycles. The van der Waals surface area contributed by atoms with Gasteiger partial charge in [0.1, 0.15) is 11.3 Å².